The van der Waals surface area contributed by atoms with Gasteiger partial charge in [-0.05, 0) is 55.5 Å². The summed E-state index contributed by atoms with van der Waals surface area (Å²) in [4.78, 5) is 49.8. The second-order valence-corrected chi connectivity index (χ2v) is 9.24. The maximum atomic E-state index is 13.3. The highest BCUT2D eigenvalue weighted by Crippen LogP contribution is 2.27. The molecule has 0 aliphatic carbocycles. The van der Waals surface area contributed by atoms with Gasteiger partial charge in [0.05, 0.1) is 19.8 Å². The maximum Gasteiger partial charge on any atom is 0.411 e. The van der Waals surface area contributed by atoms with Crippen molar-refractivity contribution in [3.05, 3.63) is 59.7 Å². The third-order valence-corrected chi connectivity index (χ3v) is 6.42. The molecule has 0 saturated carbocycles. The fourth-order valence-electron chi connectivity index (χ4n) is 4.47. The molecule has 0 spiro atoms. The molecule has 2 heterocycles. The monoisotopic (exact) mass is 539 g/mol. The number of para-hydroxylation sites is 1. The van der Waals surface area contributed by atoms with E-state index >= 15 is 0 Å². The topological polar surface area (TPSA) is 123 Å². The minimum absolute atomic E-state index is 0.153. The van der Waals surface area contributed by atoms with Gasteiger partial charge in [0.25, 0.3) is 0 Å². The van der Waals surface area contributed by atoms with Crippen LogP contribution in [-0.4, -0.2) is 56.3 Å². The third-order valence-electron chi connectivity index (χ3n) is 6.42. The zero-order chi connectivity index (χ0) is 28.2. The van der Waals surface area contributed by atoms with E-state index in [9.17, 15) is 19.2 Å². The van der Waals surface area contributed by atoms with Crippen LogP contribution >= 0.6 is 0 Å². The first kappa shape index (κ1) is 29.6. The van der Waals surface area contributed by atoms with Crippen LogP contribution in [0.2, 0.25) is 0 Å². The normalized spacial score (nSPS) is 16.7. The number of hydrogen-bond donors (Lipinski definition) is 2. The van der Waals surface area contributed by atoms with E-state index in [2.05, 4.69) is 10.6 Å². The lowest BCUT2D eigenvalue weighted by molar-refractivity contribution is -0.144. The summed E-state index contributed by atoms with van der Waals surface area (Å²) in [5.74, 6) is -1.06. The van der Waals surface area contributed by atoms with Crippen LogP contribution in [0, 0.1) is 0 Å². The maximum absolute atomic E-state index is 13.3. The highest BCUT2D eigenvalue weighted by molar-refractivity contribution is 6.02. The number of nitrogens with zero attached hydrogens (tertiary/aromatic N) is 1. The summed E-state index contributed by atoms with van der Waals surface area (Å²) < 4.78 is 14.8. The molecule has 210 valence electrons. The lowest BCUT2D eigenvalue weighted by atomic mass is 10.0. The molecule has 2 atom stereocenters. The number of amides is 2. The second-order valence-electron chi connectivity index (χ2n) is 9.24. The average Bonchev–Trinajstić information content (AvgIpc) is 3.15. The first-order valence-corrected chi connectivity index (χ1v) is 13.3. The Kier molecular flexibility index (Phi) is 11.3. The molecule has 2 aliphatic rings. The summed E-state index contributed by atoms with van der Waals surface area (Å²) >= 11 is 0. The number of fused-ring (bicyclic) bond motifs is 3. The number of rotatable bonds is 9. The molecule has 10 heteroatoms. The summed E-state index contributed by atoms with van der Waals surface area (Å²) in [6, 6.07) is 14.0. The van der Waals surface area contributed by atoms with Gasteiger partial charge in [-0.25, -0.2) is 4.79 Å². The highest BCUT2D eigenvalue weighted by atomic mass is 16.5. The van der Waals surface area contributed by atoms with Crippen LogP contribution in [0.4, 0.5) is 16.2 Å². The lowest BCUT2D eigenvalue weighted by Crippen LogP contribution is -2.53. The number of ether oxygens (including phenoxy) is 3. The van der Waals surface area contributed by atoms with Gasteiger partial charge in [-0.3, -0.25) is 29.9 Å². The smallest absolute Gasteiger partial charge is 0.411 e. The lowest BCUT2D eigenvalue weighted by Gasteiger charge is -2.27. The van der Waals surface area contributed by atoms with Crippen molar-refractivity contribution in [1.29, 1.82) is 0 Å². The molecular weight excluding hydrogens is 502 g/mol. The summed E-state index contributed by atoms with van der Waals surface area (Å²) in [7, 11) is 1.35. The van der Waals surface area contributed by atoms with E-state index < -0.39 is 18.1 Å². The van der Waals surface area contributed by atoms with Gasteiger partial charge < -0.3 is 14.2 Å². The average molecular weight is 540 g/mol. The number of anilines is 2. The van der Waals surface area contributed by atoms with Crippen LogP contribution < -0.4 is 15.5 Å². The minimum Gasteiger partial charge on any atom is -0.468 e. The Labute approximate surface area is 229 Å². The molecule has 0 aromatic heterocycles. The second kappa shape index (κ2) is 14.9. The summed E-state index contributed by atoms with van der Waals surface area (Å²) in [6.45, 7) is 4.24. The van der Waals surface area contributed by atoms with Gasteiger partial charge in [0.1, 0.15) is 19.2 Å². The van der Waals surface area contributed by atoms with Gasteiger partial charge in [-0.2, -0.15) is 0 Å². The van der Waals surface area contributed by atoms with Crippen LogP contribution in [0.5, 0.6) is 0 Å². The molecule has 2 amide bonds. The zero-order valence-electron chi connectivity index (χ0n) is 22.7. The zero-order valence-corrected chi connectivity index (χ0v) is 22.7. The van der Waals surface area contributed by atoms with Crippen LogP contribution in [-0.2, 0) is 41.6 Å². The van der Waals surface area contributed by atoms with Crippen LogP contribution in [0.1, 0.15) is 50.7 Å². The van der Waals surface area contributed by atoms with Crippen LogP contribution in [0.25, 0.3) is 0 Å². The minimum atomic E-state index is -0.581. The molecule has 10 nitrogen and oxygen atoms in total. The summed E-state index contributed by atoms with van der Waals surface area (Å²) in [5.41, 5.74) is 3.52. The number of methoxy groups -OCH3 is 1. The third kappa shape index (κ3) is 8.54. The Balaban J connectivity index is 0.000000314. The van der Waals surface area contributed by atoms with Crippen molar-refractivity contribution in [1.82, 2.24) is 5.32 Å². The van der Waals surface area contributed by atoms with Gasteiger partial charge >= 0.3 is 18.0 Å². The van der Waals surface area contributed by atoms with Crippen molar-refractivity contribution in [2.45, 2.75) is 64.6 Å². The van der Waals surface area contributed by atoms with Gasteiger partial charge in [-0.15, -0.1) is 0 Å². The fourth-order valence-corrected chi connectivity index (χ4v) is 4.47. The van der Waals surface area contributed by atoms with Crippen molar-refractivity contribution in [3.63, 3.8) is 0 Å². The SMILES string of the molecule is CCCCC(NC1CCc2ccccc2N(CC(=O)OCC)C1=O)C(=O)OC.O=C1Nc2cccc(c2)CO1. The Morgan fingerprint density at radius 2 is 1.95 bits per heavy atom. The van der Waals surface area contributed by atoms with E-state index in [4.69, 9.17) is 14.2 Å². The van der Waals surface area contributed by atoms with E-state index in [1.54, 1.807) is 6.92 Å². The van der Waals surface area contributed by atoms with E-state index in [1.165, 1.54) is 12.0 Å². The largest absolute Gasteiger partial charge is 0.468 e. The number of benzene rings is 2. The van der Waals surface area contributed by atoms with E-state index in [-0.39, 0.29) is 31.1 Å². The van der Waals surface area contributed by atoms with Crippen molar-refractivity contribution in [2.24, 2.45) is 0 Å². The molecule has 2 aromatic rings. The molecule has 0 saturated heterocycles. The molecule has 2 aromatic carbocycles. The predicted molar refractivity (Wildman–Crippen MR) is 146 cm³/mol. The van der Waals surface area contributed by atoms with Gasteiger partial charge in [0, 0.05) is 11.4 Å². The first-order chi connectivity index (χ1) is 18.9. The number of carbonyl (C=O) groups excluding carboxylic acids is 4. The quantitative estimate of drug-likeness (QED) is 0.363. The number of aryl methyl sites for hydroxylation is 1. The Bertz CT molecular complexity index is 1150. The molecule has 2 unspecified atom stereocenters. The predicted octanol–water partition coefficient (Wildman–Crippen LogP) is 3.97. The Hall–Kier alpha value is -3.92. The molecule has 0 radical (unpaired) electrons. The number of esters is 2. The van der Waals surface area contributed by atoms with Crippen molar-refractivity contribution < 1.29 is 33.4 Å². The first-order valence-electron chi connectivity index (χ1n) is 13.3. The molecule has 2 N–H and O–H groups in total. The number of cyclic esters (lactones) is 1. The molecule has 0 fully saturated rings. The van der Waals surface area contributed by atoms with Gasteiger partial charge in [0.2, 0.25) is 5.91 Å². The van der Waals surface area contributed by atoms with Crippen molar-refractivity contribution in [3.8, 4) is 0 Å². The number of carbonyl (C=O) groups is 4. The number of nitrogens with one attached hydrogen (secondary N) is 2. The number of hydrogen-bond acceptors (Lipinski definition) is 8. The van der Waals surface area contributed by atoms with Gasteiger partial charge in [-0.1, -0.05) is 50.1 Å². The molecule has 2 aliphatic heterocycles. The molecule has 39 heavy (non-hydrogen) atoms. The summed E-state index contributed by atoms with van der Waals surface area (Å²) in [6.07, 6.45) is 3.20. The molecule has 2 bridgehead atoms. The number of unbranched alkanes of at least 4 members (excludes halogenated alkanes) is 1. The van der Waals surface area contributed by atoms with Crippen molar-refractivity contribution in [2.75, 3.05) is 30.5 Å². The van der Waals surface area contributed by atoms with Crippen molar-refractivity contribution >= 4 is 35.3 Å². The van der Waals surface area contributed by atoms with Crippen LogP contribution in [0.15, 0.2) is 48.5 Å². The Morgan fingerprint density at radius 3 is 2.69 bits per heavy atom. The fraction of sp³-hybridized carbons (Fsp3) is 0.448. The van der Waals surface area contributed by atoms with E-state index in [1.807, 2.05) is 55.5 Å². The highest BCUT2D eigenvalue weighted by Gasteiger charge is 2.34. The molecular formula is C29H37N3O7. The molecule has 4 rings (SSSR count). The standard InChI is InChI=1S/C21H30N2O5.C8H7NO2/c1-4-6-10-17(21(26)27-3)22-16-13-12-15-9-7-8-11-18(15)23(20(16)25)14-19(24)28-5-2;10-8-9-7-3-1-2-6(4-7)5-11-8/h7-9,11,16-17,22H,4-6,10,12-14H2,1-3H3;1-4H,5H2,(H,9,10). The van der Waals surface area contributed by atoms with E-state index in [0.717, 1.165) is 29.7 Å². The Morgan fingerprint density at radius 1 is 1.15 bits per heavy atom. The van der Waals surface area contributed by atoms with Gasteiger partial charge in [0.15, 0.2) is 0 Å². The van der Waals surface area contributed by atoms with E-state index in [0.29, 0.717) is 31.6 Å². The summed E-state index contributed by atoms with van der Waals surface area (Å²) in [5, 5.41) is 5.77. The van der Waals surface area contributed by atoms with Crippen LogP contribution in [0.3, 0.4) is 0 Å².